The summed E-state index contributed by atoms with van der Waals surface area (Å²) in [7, 11) is 0. The monoisotopic (exact) mass is 246 g/mol. The third-order valence-corrected chi connectivity index (χ3v) is 2.30. The average molecular weight is 247 g/mol. The van der Waals surface area contributed by atoms with Crippen molar-refractivity contribution >= 4 is 21.9 Å². The largest absolute Gasteiger partial charge is 0.481 e. The molecule has 0 amide bonds. The number of aryl methyl sites for hydroxylation is 1. The first-order valence-electron chi connectivity index (χ1n) is 4.06. The number of rotatable bonds is 4. The Kier molecular flexibility index (Phi) is 3.54. The van der Waals surface area contributed by atoms with Crippen LogP contribution in [0.25, 0.3) is 0 Å². The van der Waals surface area contributed by atoms with Crippen LogP contribution in [0.2, 0.25) is 0 Å². The van der Waals surface area contributed by atoms with Crippen LogP contribution in [0.3, 0.4) is 0 Å². The molecular formula is C9H11BrO3. The van der Waals surface area contributed by atoms with Gasteiger partial charge in [-0.05, 0) is 34.5 Å². The van der Waals surface area contributed by atoms with Gasteiger partial charge in [0, 0.05) is 6.42 Å². The van der Waals surface area contributed by atoms with Crippen LogP contribution in [-0.2, 0) is 11.2 Å². The fraction of sp³-hybridized carbons (Fsp3) is 0.444. The van der Waals surface area contributed by atoms with E-state index in [1.807, 2.05) is 6.07 Å². The number of aliphatic carboxylic acids is 1. The van der Waals surface area contributed by atoms with E-state index in [0.717, 1.165) is 5.76 Å². The Morgan fingerprint density at radius 1 is 1.69 bits per heavy atom. The van der Waals surface area contributed by atoms with Crippen LogP contribution in [0, 0.1) is 5.92 Å². The van der Waals surface area contributed by atoms with E-state index in [1.54, 1.807) is 13.0 Å². The van der Waals surface area contributed by atoms with Crippen molar-refractivity contribution in [3.05, 3.63) is 22.6 Å². The molecule has 1 heterocycles. The smallest absolute Gasteiger partial charge is 0.306 e. The van der Waals surface area contributed by atoms with Gasteiger partial charge in [0.1, 0.15) is 5.76 Å². The summed E-state index contributed by atoms with van der Waals surface area (Å²) in [5, 5.41) is 8.63. The van der Waals surface area contributed by atoms with Gasteiger partial charge >= 0.3 is 5.97 Å². The Morgan fingerprint density at radius 2 is 2.38 bits per heavy atom. The highest BCUT2D eigenvalue weighted by molar-refractivity contribution is 9.10. The Bertz CT molecular complexity index is 293. The highest BCUT2D eigenvalue weighted by atomic mass is 79.9. The quantitative estimate of drug-likeness (QED) is 0.889. The predicted molar refractivity (Wildman–Crippen MR) is 51.5 cm³/mol. The van der Waals surface area contributed by atoms with E-state index >= 15 is 0 Å². The normalized spacial score (nSPS) is 12.8. The van der Waals surface area contributed by atoms with Gasteiger partial charge in [-0.3, -0.25) is 4.79 Å². The lowest BCUT2D eigenvalue weighted by Crippen LogP contribution is -2.09. The second-order valence-electron chi connectivity index (χ2n) is 2.98. The van der Waals surface area contributed by atoms with Crippen LogP contribution < -0.4 is 0 Å². The average Bonchev–Trinajstić information content (AvgIpc) is 2.47. The Morgan fingerprint density at radius 3 is 2.85 bits per heavy atom. The first-order chi connectivity index (χ1) is 6.09. The summed E-state index contributed by atoms with van der Waals surface area (Å²) in [5.41, 5.74) is 0. The molecule has 0 bridgehead atoms. The number of halogens is 1. The molecule has 1 N–H and O–H groups in total. The lowest BCUT2D eigenvalue weighted by molar-refractivity contribution is -0.141. The molecule has 0 aromatic carbocycles. The zero-order chi connectivity index (χ0) is 9.84. The molecule has 0 spiro atoms. The molecule has 0 saturated heterocycles. The predicted octanol–water partition coefficient (Wildman–Crippen LogP) is 2.70. The summed E-state index contributed by atoms with van der Waals surface area (Å²) < 4.78 is 5.92. The van der Waals surface area contributed by atoms with E-state index in [9.17, 15) is 4.79 Å². The van der Waals surface area contributed by atoms with E-state index in [0.29, 0.717) is 17.5 Å². The molecule has 13 heavy (non-hydrogen) atoms. The molecule has 0 aliphatic heterocycles. The zero-order valence-electron chi connectivity index (χ0n) is 7.29. The van der Waals surface area contributed by atoms with Crippen molar-refractivity contribution in [1.82, 2.24) is 0 Å². The molecule has 1 rings (SSSR count). The number of furan rings is 1. The Hall–Kier alpha value is -0.770. The van der Waals surface area contributed by atoms with E-state index in [2.05, 4.69) is 15.9 Å². The van der Waals surface area contributed by atoms with Crippen molar-refractivity contribution in [2.75, 3.05) is 0 Å². The molecule has 3 nitrogen and oxygen atoms in total. The van der Waals surface area contributed by atoms with Gasteiger partial charge in [-0.1, -0.05) is 6.92 Å². The zero-order valence-corrected chi connectivity index (χ0v) is 8.87. The van der Waals surface area contributed by atoms with E-state index in [-0.39, 0.29) is 5.92 Å². The van der Waals surface area contributed by atoms with E-state index in [4.69, 9.17) is 9.52 Å². The van der Waals surface area contributed by atoms with E-state index < -0.39 is 5.97 Å². The van der Waals surface area contributed by atoms with Crippen LogP contribution in [0.4, 0.5) is 0 Å². The molecule has 0 aliphatic rings. The second-order valence-corrected chi connectivity index (χ2v) is 3.77. The van der Waals surface area contributed by atoms with Crippen molar-refractivity contribution < 1.29 is 14.3 Å². The minimum Gasteiger partial charge on any atom is -0.481 e. The lowest BCUT2D eigenvalue weighted by Gasteiger charge is -2.02. The van der Waals surface area contributed by atoms with Gasteiger partial charge in [0.15, 0.2) is 4.67 Å². The van der Waals surface area contributed by atoms with Gasteiger partial charge in [-0.15, -0.1) is 0 Å². The maximum atomic E-state index is 10.5. The molecule has 1 atom stereocenters. The molecule has 1 aromatic heterocycles. The topological polar surface area (TPSA) is 50.4 Å². The molecule has 1 unspecified atom stereocenters. The van der Waals surface area contributed by atoms with Crippen molar-refractivity contribution in [2.24, 2.45) is 5.92 Å². The standard InChI is InChI=1S/C9H11BrO3/c1-6(9(11)12)2-3-7-4-5-8(10)13-7/h4-6H,2-3H2,1H3,(H,11,12). The fourth-order valence-electron chi connectivity index (χ4n) is 0.968. The Balaban J connectivity index is 2.39. The lowest BCUT2D eigenvalue weighted by atomic mass is 10.1. The van der Waals surface area contributed by atoms with Crippen LogP contribution in [0.1, 0.15) is 19.1 Å². The molecule has 1 aromatic rings. The molecule has 0 fully saturated rings. The van der Waals surface area contributed by atoms with Crippen molar-refractivity contribution in [3.8, 4) is 0 Å². The van der Waals surface area contributed by atoms with Crippen LogP contribution in [0.15, 0.2) is 21.2 Å². The third-order valence-electron chi connectivity index (χ3n) is 1.87. The van der Waals surface area contributed by atoms with Crippen molar-refractivity contribution in [2.45, 2.75) is 19.8 Å². The summed E-state index contributed by atoms with van der Waals surface area (Å²) in [4.78, 5) is 10.5. The van der Waals surface area contributed by atoms with Crippen LogP contribution in [-0.4, -0.2) is 11.1 Å². The molecule has 0 radical (unpaired) electrons. The number of hydrogen-bond acceptors (Lipinski definition) is 2. The molecule has 4 heteroatoms. The first-order valence-corrected chi connectivity index (χ1v) is 4.86. The summed E-state index contributed by atoms with van der Waals surface area (Å²) in [6.07, 6.45) is 1.27. The summed E-state index contributed by atoms with van der Waals surface area (Å²) in [6, 6.07) is 3.65. The number of hydrogen-bond donors (Lipinski definition) is 1. The van der Waals surface area contributed by atoms with Gasteiger partial charge in [-0.2, -0.15) is 0 Å². The number of carbonyl (C=O) groups is 1. The maximum Gasteiger partial charge on any atom is 0.306 e. The summed E-state index contributed by atoms with van der Waals surface area (Å²) in [6.45, 7) is 1.69. The van der Waals surface area contributed by atoms with Crippen molar-refractivity contribution in [3.63, 3.8) is 0 Å². The summed E-state index contributed by atoms with van der Waals surface area (Å²) in [5.74, 6) is -0.255. The van der Waals surface area contributed by atoms with E-state index in [1.165, 1.54) is 0 Å². The third kappa shape index (κ3) is 3.22. The van der Waals surface area contributed by atoms with Gasteiger partial charge in [0.2, 0.25) is 0 Å². The van der Waals surface area contributed by atoms with Crippen LogP contribution >= 0.6 is 15.9 Å². The minimum atomic E-state index is -0.759. The van der Waals surface area contributed by atoms with Gasteiger partial charge in [-0.25, -0.2) is 0 Å². The maximum absolute atomic E-state index is 10.5. The van der Waals surface area contributed by atoms with Crippen molar-refractivity contribution in [1.29, 1.82) is 0 Å². The molecule has 0 saturated carbocycles. The second kappa shape index (κ2) is 4.46. The summed E-state index contributed by atoms with van der Waals surface area (Å²) >= 11 is 3.19. The fourth-order valence-corrected chi connectivity index (χ4v) is 1.31. The number of carboxylic acid groups (broad SMARTS) is 1. The van der Waals surface area contributed by atoms with Gasteiger partial charge < -0.3 is 9.52 Å². The molecule has 72 valence electrons. The molecular weight excluding hydrogens is 236 g/mol. The molecule has 0 aliphatic carbocycles. The SMILES string of the molecule is CC(CCc1ccc(Br)o1)C(=O)O. The minimum absolute atomic E-state index is 0.316. The Labute approximate surface area is 84.9 Å². The van der Waals surface area contributed by atoms with Crippen LogP contribution in [0.5, 0.6) is 0 Å². The highest BCUT2D eigenvalue weighted by Gasteiger charge is 2.11. The highest BCUT2D eigenvalue weighted by Crippen LogP contribution is 2.17. The number of carboxylic acids is 1. The van der Waals surface area contributed by atoms with Gasteiger partial charge in [0.05, 0.1) is 5.92 Å². The van der Waals surface area contributed by atoms with Gasteiger partial charge in [0.25, 0.3) is 0 Å². The first kappa shape index (κ1) is 10.3.